The minimum absolute atomic E-state index is 0.0367. The molecule has 0 aliphatic carbocycles. The molecule has 1 aromatic carbocycles. The monoisotopic (exact) mass is 343 g/mol. The van der Waals surface area contributed by atoms with Gasteiger partial charge in [0.2, 0.25) is 11.8 Å². The average Bonchev–Trinajstić information content (AvgIpc) is 2.94. The molecule has 0 atom stereocenters. The van der Waals surface area contributed by atoms with Crippen molar-refractivity contribution in [3.05, 3.63) is 47.0 Å². The number of carbonyl (C=O) groups excluding carboxylic acids is 2. The van der Waals surface area contributed by atoms with E-state index in [2.05, 4.69) is 36.4 Å². The van der Waals surface area contributed by atoms with E-state index in [0.717, 1.165) is 16.9 Å². The van der Waals surface area contributed by atoms with Gasteiger partial charge in [0, 0.05) is 29.5 Å². The summed E-state index contributed by atoms with van der Waals surface area (Å²) in [5, 5.41) is 8.01. The summed E-state index contributed by atoms with van der Waals surface area (Å²) >= 11 is 1.42. The number of hydrogen-bond donors (Lipinski definition) is 2. The Bertz CT molecular complexity index is 755. The molecule has 0 saturated carbocycles. The molecule has 24 heavy (non-hydrogen) atoms. The highest BCUT2D eigenvalue weighted by atomic mass is 32.1. The van der Waals surface area contributed by atoms with Crippen LogP contribution >= 0.6 is 11.3 Å². The zero-order valence-corrected chi connectivity index (χ0v) is 15.0. The Morgan fingerprint density at radius 3 is 2.33 bits per heavy atom. The second-order valence-corrected chi connectivity index (χ2v) is 7.27. The lowest BCUT2D eigenvalue weighted by Gasteiger charge is -2.14. The molecule has 1 aromatic heterocycles. The molecule has 126 valence electrons. The molecule has 0 radical (unpaired) electrons. The van der Waals surface area contributed by atoms with E-state index in [9.17, 15) is 9.59 Å². The summed E-state index contributed by atoms with van der Waals surface area (Å²) in [7, 11) is 0. The maximum atomic E-state index is 12.0. The SMILES string of the molecule is CC(=O)Nc1ccc(/C=C/C(=O)Nc2nc(C(C)(C)C)cs2)cc1. The molecule has 6 heteroatoms. The Morgan fingerprint density at radius 2 is 1.79 bits per heavy atom. The third kappa shape index (κ3) is 5.31. The fourth-order valence-corrected chi connectivity index (χ4v) is 2.82. The fraction of sp³-hybridized carbons (Fsp3) is 0.278. The summed E-state index contributed by atoms with van der Waals surface area (Å²) in [6.07, 6.45) is 3.18. The molecular formula is C18H21N3O2S. The Morgan fingerprint density at radius 1 is 1.12 bits per heavy atom. The first kappa shape index (κ1) is 17.9. The van der Waals surface area contributed by atoms with E-state index in [1.165, 1.54) is 24.3 Å². The van der Waals surface area contributed by atoms with E-state index >= 15 is 0 Å². The maximum absolute atomic E-state index is 12.0. The number of rotatable bonds is 4. The molecule has 0 aliphatic heterocycles. The molecule has 5 nitrogen and oxygen atoms in total. The van der Waals surface area contributed by atoms with Crippen molar-refractivity contribution in [2.24, 2.45) is 0 Å². The number of nitrogens with zero attached hydrogens (tertiary/aromatic N) is 1. The van der Waals surface area contributed by atoms with E-state index in [1.54, 1.807) is 18.2 Å². The predicted molar refractivity (Wildman–Crippen MR) is 99.2 cm³/mol. The molecular weight excluding hydrogens is 322 g/mol. The minimum Gasteiger partial charge on any atom is -0.326 e. The van der Waals surface area contributed by atoms with Gasteiger partial charge in [-0.15, -0.1) is 11.3 Å². The Labute approximate surface area is 145 Å². The number of thiazole rings is 1. The normalized spacial score (nSPS) is 11.5. The summed E-state index contributed by atoms with van der Waals surface area (Å²) in [6.45, 7) is 7.70. The molecule has 2 rings (SSSR count). The van der Waals surface area contributed by atoms with E-state index in [4.69, 9.17) is 0 Å². The van der Waals surface area contributed by atoms with Gasteiger partial charge in [-0.1, -0.05) is 32.9 Å². The topological polar surface area (TPSA) is 71.1 Å². The van der Waals surface area contributed by atoms with Crippen molar-refractivity contribution in [3.8, 4) is 0 Å². The van der Waals surface area contributed by atoms with Crippen LogP contribution in [0.5, 0.6) is 0 Å². The van der Waals surface area contributed by atoms with Crippen molar-refractivity contribution < 1.29 is 9.59 Å². The van der Waals surface area contributed by atoms with Gasteiger partial charge in [-0.3, -0.25) is 14.9 Å². The quantitative estimate of drug-likeness (QED) is 0.823. The molecule has 1 heterocycles. The van der Waals surface area contributed by atoms with E-state index in [0.29, 0.717) is 5.13 Å². The highest BCUT2D eigenvalue weighted by Crippen LogP contribution is 2.26. The highest BCUT2D eigenvalue weighted by Gasteiger charge is 2.17. The van der Waals surface area contributed by atoms with Crippen LogP contribution in [0.25, 0.3) is 6.08 Å². The third-order valence-corrected chi connectivity index (χ3v) is 3.92. The van der Waals surface area contributed by atoms with Crippen molar-refractivity contribution in [1.29, 1.82) is 0 Å². The van der Waals surface area contributed by atoms with Crippen LogP contribution in [0.2, 0.25) is 0 Å². The van der Waals surface area contributed by atoms with Crippen molar-refractivity contribution in [2.45, 2.75) is 33.1 Å². The van der Waals surface area contributed by atoms with Gasteiger partial charge in [-0.2, -0.15) is 0 Å². The van der Waals surface area contributed by atoms with Crippen LogP contribution in [0, 0.1) is 0 Å². The zero-order chi connectivity index (χ0) is 17.7. The number of nitrogens with one attached hydrogen (secondary N) is 2. The second-order valence-electron chi connectivity index (χ2n) is 6.41. The Kier molecular flexibility index (Phi) is 5.51. The molecule has 0 spiro atoms. The standard InChI is InChI=1S/C18H21N3O2S/c1-12(22)19-14-8-5-13(6-9-14)7-10-16(23)21-17-20-15(11-24-17)18(2,3)4/h5-11H,1-4H3,(H,19,22)(H,20,21,23)/b10-7+. The van der Waals surface area contributed by atoms with Crippen LogP contribution in [0.1, 0.15) is 39.0 Å². The summed E-state index contributed by atoms with van der Waals surface area (Å²) in [4.78, 5) is 27.4. The molecule has 0 unspecified atom stereocenters. The van der Waals surface area contributed by atoms with Crippen LogP contribution in [-0.2, 0) is 15.0 Å². The first-order valence-electron chi connectivity index (χ1n) is 7.57. The fourth-order valence-electron chi connectivity index (χ4n) is 1.88. The van der Waals surface area contributed by atoms with Gasteiger partial charge in [-0.25, -0.2) is 4.98 Å². The van der Waals surface area contributed by atoms with Gasteiger partial charge in [0.25, 0.3) is 0 Å². The largest absolute Gasteiger partial charge is 0.326 e. The van der Waals surface area contributed by atoms with Crippen LogP contribution in [0.3, 0.4) is 0 Å². The average molecular weight is 343 g/mol. The van der Waals surface area contributed by atoms with Crippen molar-refractivity contribution in [2.75, 3.05) is 10.6 Å². The lowest BCUT2D eigenvalue weighted by molar-refractivity contribution is -0.114. The lowest BCUT2D eigenvalue weighted by atomic mass is 9.93. The maximum Gasteiger partial charge on any atom is 0.250 e. The first-order chi connectivity index (χ1) is 11.2. The van der Waals surface area contributed by atoms with Gasteiger partial charge in [-0.05, 0) is 23.8 Å². The summed E-state index contributed by atoms with van der Waals surface area (Å²) in [5.41, 5.74) is 2.51. The molecule has 0 saturated heterocycles. The number of amides is 2. The van der Waals surface area contributed by atoms with Crippen molar-refractivity contribution in [1.82, 2.24) is 4.98 Å². The highest BCUT2D eigenvalue weighted by molar-refractivity contribution is 7.14. The van der Waals surface area contributed by atoms with Crippen LogP contribution < -0.4 is 10.6 Å². The van der Waals surface area contributed by atoms with E-state index in [-0.39, 0.29) is 17.2 Å². The Balaban J connectivity index is 1.95. The summed E-state index contributed by atoms with van der Waals surface area (Å²) in [5.74, 6) is -0.341. The number of benzene rings is 1. The molecule has 0 fully saturated rings. The molecule has 2 aromatic rings. The first-order valence-corrected chi connectivity index (χ1v) is 8.45. The molecule has 0 bridgehead atoms. The molecule has 0 aliphatic rings. The van der Waals surface area contributed by atoms with E-state index in [1.807, 2.05) is 17.5 Å². The van der Waals surface area contributed by atoms with Gasteiger partial charge in [0.05, 0.1) is 5.69 Å². The smallest absolute Gasteiger partial charge is 0.250 e. The minimum atomic E-state index is -0.226. The van der Waals surface area contributed by atoms with E-state index < -0.39 is 0 Å². The van der Waals surface area contributed by atoms with Gasteiger partial charge in [0.1, 0.15) is 0 Å². The second kappa shape index (κ2) is 7.40. The van der Waals surface area contributed by atoms with Gasteiger partial charge < -0.3 is 5.32 Å². The van der Waals surface area contributed by atoms with Gasteiger partial charge >= 0.3 is 0 Å². The molecule has 2 amide bonds. The van der Waals surface area contributed by atoms with Crippen LogP contribution in [0.4, 0.5) is 10.8 Å². The lowest BCUT2D eigenvalue weighted by Crippen LogP contribution is -2.12. The van der Waals surface area contributed by atoms with Gasteiger partial charge in [0.15, 0.2) is 5.13 Å². The summed E-state index contributed by atoms with van der Waals surface area (Å²) < 4.78 is 0. The van der Waals surface area contributed by atoms with Crippen LogP contribution in [-0.4, -0.2) is 16.8 Å². The number of carbonyl (C=O) groups is 2. The number of anilines is 2. The Hall–Kier alpha value is -2.47. The third-order valence-electron chi connectivity index (χ3n) is 3.16. The number of aromatic nitrogens is 1. The predicted octanol–water partition coefficient (Wildman–Crippen LogP) is 4.05. The zero-order valence-electron chi connectivity index (χ0n) is 14.2. The van der Waals surface area contributed by atoms with Crippen molar-refractivity contribution in [3.63, 3.8) is 0 Å². The number of hydrogen-bond acceptors (Lipinski definition) is 4. The molecule has 2 N–H and O–H groups in total. The summed E-state index contributed by atoms with van der Waals surface area (Å²) in [6, 6.07) is 7.23. The van der Waals surface area contributed by atoms with Crippen molar-refractivity contribution >= 4 is 40.0 Å². The van der Waals surface area contributed by atoms with Crippen LogP contribution in [0.15, 0.2) is 35.7 Å².